The third-order valence-corrected chi connectivity index (χ3v) is 7.62. The Bertz CT molecular complexity index is 977. The lowest BCUT2D eigenvalue weighted by Gasteiger charge is -2.35. The molecule has 0 unspecified atom stereocenters. The van der Waals surface area contributed by atoms with Crippen LogP contribution in [0.2, 0.25) is 0 Å². The van der Waals surface area contributed by atoms with Gasteiger partial charge in [0.05, 0.1) is 24.0 Å². The van der Waals surface area contributed by atoms with Crippen molar-refractivity contribution in [2.75, 3.05) is 26.2 Å². The van der Waals surface area contributed by atoms with Crippen LogP contribution in [0, 0.1) is 0 Å². The summed E-state index contributed by atoms with van der Waals surface area (Å²) in [5.41, 5.74) is 0.134. The van der Waals surface area contributed by atoms with E-state index >= 15 is 4.39 Å². The van der Waals surface area contributed by atoms with Gasteiger partial charge in [-0.05, 0) is 38.5 Å². The molecule has 0 spiro atoms. The third kappa shape index (κ3) is 7.60. The maximum absolute atomic E-state index is 15.4. The lowest BCUT2D eigenvalue weighted by molar-refractivity contribution is -0.153. The van der Waals surface area contributed by atoms with E-state index in [4.69, 9.17) is 4.74 Å². The Morgan fingerprint density at radius 2 is 2.03 bits per heavy atom. The Labute approximate surface area is 205 Å². The number of thiazole rings is 1. The summed E-state index contributed by atoms with van der Waals surface area (Å²) >= 11 is 1.17. The van der Waals surface area contributed by atoms with E-state index in [9.17, 15) is 18.0 Å². The van der Waals surface area contributed by atoms with Crippen molar-refractivity contribution >= 4 is 17.2 Å². The first-order valence-corrected chi connectivity index (χ1v) is 12.6. The van der Waals surface area contributed by atoms with Crippen molar-refractivity contribution in [3.05, 3.63) is 22.5 Å². The molecule has 1 amide bonds. The van der Waals surface area contributed by atoms with Crippen molar-refractivity contribution in [2.24, 2.45) is 7.05 Å². The maximum atomic E-state index is 15.4. The molecular weight excluding hydrogens is 488 g/mol. The number of nitrogens with zero attached hydrogens (tertiary/aromatic N) is 5. The van der Waals surface area contributed by atoms with Gasteiger partial charge in [-0.3, -0.25) is 4.79 Å². The van der Waals surface area contributed by atoms with Crippen molar-refractivity contribution in [1.29, 1.82) is 0 Å². The van der Waals surface area contributed by atoms with E-state index in [2.05, 4.69) is 25.4 Å². The predicted molar refractivity (Wildman–Crippen MR) is 121 cm³/mol. The van der Waals surface area contributed by atoms with Crippen molar-refractivity contribution in [3.63, 3.8) is 0 Å². The molecule has 0 radical (unpaired) electrons. The van der Waals surface area contributed by atoms with Crippen molar-refractivity contribution in [1.82, 2.24) is 30.2 Å². The van der Waals surface area contributed by atoms with Crippen LogP contribution in [0.25, 0.3) is 0 Å². The van der Waals surface area contributed by atoms with Gasteiger partial charge in [-0.1, -0.05) is 11.3 Å². The summed E-state index contributed by atoms with van der Waals surface area (Å²) in [6, 6.07) is -0.0305. The quantitative estimate of drug-likeness (QED) is 0.541. The second-order valence-corrected chi connectivity index (χ2v) is 10.4. The summed E-state index contributed by atoms with van der Waals surface area (Å²) in [6.07, 6.45) is 1.06. The standard InChI is InChI=1S/C22H30F4N6O2S/c1-31-27-13-16(30-31)12-19(33)28-15-2-6-21(23,7-3-15)8-11-32-9-4-17-18(5-10-32)35-20(29-17)34-14-22(24,25)26/h13,15H,2-12,14H2,1H3,(H,28,33). The molecule has 1 N–H and O–H groups in total. The van der Waals surface area contributed by atoms with Gasteiger partial charge in [0, 0.05) is 44.0 Å². The zero-order valence-electron chi connectivity index (χ0n) is 19.6. The molecule has 0 aromatic carbocycles. The molecular formula is C22H30F4N6O2S. The fourth-order valence-electron chi connectivity index (χ4n) is 4.61. The smallest absolute Gasteiger partial charge is 0.422 e. The van der Waals surface area contributed by atoms with E-state index < -0.39 is 18.5 Å². The van der Waals surface area contributed by atoms with Crippen molar-refractivity contribution in [3.8, 4) is 5.19 Å². The number of carbonyl (C=O) groups excluding carboxylic acids is 1. The molecule has 1 aliphatic heterocycles. The molecule has 1 aliphatic carbocycles. The number of amides is 1. The highest BCUT2D eigenvalue weighted by Crippen LogP contribution is 2.36. The molecule has 1 fully saturated rings. The maximum Gasteiger partial charge on any atom is 0.422 e. The molecule has 13 heteroatoms. The SMILES string of the molecule is Cn1ncc(CC(=O)NC2CCC(F)(CCN3CCc4nc(OCC(F)(F)F)sc4CC3)CC2)n1. The molecule has 2 aliphatic rings. The summed E-state index contributed by atoms with van der Waals surface area (Å²) < 4.78 is 57.3. The van der Waals surface area contributed by atoms with E-state index in [0.717, 1.165) is 10.6 Å². The first-order valence-electron chi connectivity index (χ1n) is 11.8. The van der Waals surface area contributed by atoms with Gasteiger partial charge in [0.25, 0.3) is 5.19 Å². The lowest BCUT2D eigenvalue weighted by Crippen LogP contribution is -2.43. The second kappa shape index (κ2) is 10.8. The van der Waals surface area contributed by atoms with E-state index in [1.54, 1.807) is 13.2 Å². The molecule has 3 heterocycles. The lowest BCUT2D eigenvalue weighted by atomic mass is 9.81. The zero-order chi connectivity index (χ0) is 25.1. The van der Waals surface area contributed by atoms with Crippen LogP contribution >= 0.6 is 11.3 Å². The second-order valence-electron chi connectivity index (χ2n) is 9.34. The van der Waals surface area contributed by atoms with Crippen LogP contribution < -0.4 is 10.1 Å². The number of alkyl halides is 4. The summed E-state index contributed by atoms with van der Waals surface area (Å²) in [4.78, 5) is 21.0. The first kappa shape index (κ1) is 25.8. The number of nitrogens with one attached hydrogen (secondary N) is 1. The summed E-state index contributed by atoms with van der Waals surface area (Å²) in [6.45, 7) is 0.681. The molecule has 2 aromatic heterocycles. The topological polar surface area (TPSA) is 85.2 Å². The largest absolute Gasteiger partial charge is 0.460 e. The average Bonchev–Trinajstić information content (AvgIpc) is 3.33. The first-order chi connectivity index (χ1) is 16.6. The summed E-state index contributed by atoms with van der Waals surface area (Å²) in [5.74, 6) is -0.125. The number of aromatic nitrogens is 4. The van der Waals surface area contributed by atoms with Crippen molar-refractivity contribution < 1.29 is 27.1 Å². The Morgan fingerprint density at radius 3 is 2.71 bits per heavy atom. The number of aryl methyl sites for hydroxylation is 1. The molecule has 194 valence electrons. The van der Waals surface area contributed by atoms with E-state index in [-0.39, 0.29) is 23.6 Å². The van der Waals surface area contributed by atoms with Crippen LogP contribution in [0.1, 0.15) is 48.4 Å². The molecule has 0 atom stereocenters. The molecule has 0 bridgehead atoms. The number of hydrogen-bond acceptors (Lipinski definition) is 7. The van der Waals surface area contributed by atoms with E-state index in [1.165, 1.54) is 16.1 Å². The van der Waals surface area contributed by atoms with Crippen LogP contribution in [0.4, 0.5) is 17.6 Å². The fourth-order valence-corrected chi connectivity index (χ4v) is 5.56. The van der Waals surface area contributed by atoms with Crippen LogP contribution in [0.15, 0.2) is 6.20 Å². The molecule has 2 aromatic rings. The number of rotatable bonds is 8. The van der Waals surface area contributed by atoms with Gasteiger partial charge >= 0.3 is 6.18 Å². The zero-order valence-corrected chi connectivity index (χ0v) is 20.4. The number of fused-ring (bicyclic) bond motifs is 1. The number of halogens is 4. The average molecular weight is 519 g/mol. The van der Waals surface area contributed by atoms with Gasteiger partial charge in [0.2, 0.25) is 5.91 Å². The molecule has 4 rings (SSSR count). The summed E-state index contributed by atoms with van der Waals surface area (Å²) in [7, 11) is 1.69. The van der Waals surface area contributed by atoms with Crippen molar-refractivity contribution in [2.45, 2.75) is 69.3 Å². The highest BCUT2D eigenvalue weighted by atomic mass is 32.1. The minimum Gasteiger partial charge on any atom is -0.460 e. The minimum atomic E-state index is -4.38. The predicted octanol–water partition coefficient (Wildman–Crippen LogP) is 3.01. The number of hydrogen-bond donors (Lipinski definition) is 1. The van der Waals surface area contributed by atoms with Gasteiger partial charge in [-0.25, -0.2) is 9.37 Å². The van der Waals surface area contributed by atoms with Gasteiger partial charge in [0.15, 0.2) is 6.61 Å². The Hall–Kier alpha value is -2.28. The molecule has 1 saturated carbocycles. The monoisotopic (exact) mass is 518 g/mol. The fraction of sp³-hybridized carbons (Fsp3) is 0.727. The summed E-state index contributed by atoms with van der Waals surface area (Å²) in [5, 5.41) is 11.1. The minimum absolute atomic E-state index is 0.0305. The highest BCUT2D eigenvalue weighted by Gasteiger charge is 2.36. The third-order valence-electron chi connectivity index (χ3n) is 6.55. The number of carbonyl (C=O) groups is 1. The van der Waals surface area contributed by atoms with Gasteiger partial charge in [-0.2, -0.15) is 28.2 Å². The van der Waals surface area contributed by atoms with Crippen LogP contribution in [0.3, 0.4) is 0 Å². The molecule has 8 nitrogen and oxygen atoms in total. The van der Waals surface area contributed by atoms with Gasteiger partial charge in [0.1, 0.15) is 5.67 Å². The highest BCUT2D eigenvalue weighted by molar-refractivity contribution is 7.13. The molecule has 35 heavy (non-hydrogen) atoms. The Balaban J connectivity index is 1.17. The van der Waals surface area contributed by atoms with Crippen LogP contribution in [0.5, 0.6) is 5.19 Å². The van der Waals surface area contributed by atoms with Crippen LogP contribution in [-0.4, -0.2) is 74.9 Å². The Morgan fingerprint density at radius 1 is 1.29 bits per heavy atom. The number of ether oxygens (including phenoxy) is 1. The Kier molecular flexibility index (Phi) is 7.94. The van der Waals surface area contributed by atoms with Gasteiger partial charge in [-0.15, -0.1) is 0 Å². The van der Waals surface area contributed by atoms with Crippen LogP contribution in [-0.2, 0) is 31.1 Å². The molecule has 0 saturated heterocycles. The van der Waals surface area contributed by atoms with Gasteiger partial charge < -0.3 is 15.0 Å². The van der Waals surface area contributed by atoms with E-state index in [1.807, 2.05) is 0 Å². The normalized spacial score (nSPS) is 23.5. The van der Waals surface area contributed by atoms with E-state index in [0.29, 0.717) is 70.3 Å².